The fourth-order valence-electron chi connectivity index (χ4n) is 2.22. The van der Waals surface area contributed by atoms with Crippen molar-refractivity contribution in [2.45, 2.75) is 13.1 Å². The Kier molecular flexibility index (Phi) is 3.66. The Morgan fingerprint density at radius 3 is 2.70 bits per heavy atom. The zero-order valence-electron chi connectivity index (χ0n) is 10.5. The molecule has 0 spiro atoms. The predicted octanol–water partition coefficient (Wildman–Crippen LogP) is 3.85. The summed E-state index contributed by atoms with van der Waals surface area (Å²) in [6.07, 6.45) is 0. The second-order valence-corrected chi connectivity index (χ2v) is 5.51. The summed E-state index contributed by atoms with van der Waals surface area (Å²) >= 11 is 11.9. The van der Waals surface area contributed by atoms with E-state index < -0.39 is 0 Å². The van der Waals surface area contributed by atoms with Crippen molar-refractivity contribution in [2.75, 3.05) is 5.32 Å². The maximum atomic E-state index is 12.2. The third kappa shape index (κ3) is 2.66. The van der Waals surface area contributed by atoms with Crippen molar-refractivity contribution in [3.63, 3.8) is 0 Å². The number of hydrogen-bond acceptors (Lipinski definition) is 2. The molecule has 5 heteroatoms. The molecule has 20 heavy (non-hydrogen) atoms. The third-order valence-electron chi connectivity index (χ3n) is 3.28. The van der Waals surface area contributed by atoms with Gasteiger partial charge in [-0.05, 0) is 41.5 Å². The molecule has 102 valence electrons. The monoisotopic (exact) mass is 306 g/mol. The van der Waals surface area contributed by atoms with Gasteiger partial charge in [-0.2, -0.15) is 0 Å². The van der Waals surface area contributed by atoms with Gasteiger partial charge >= 0.3 is 0 Å². The van der Waals surface area contributed by atoms with Crippen LogP contribution >= 0.6 is 23.2 Å². The zero-order chi connectivity index (χ0) is 14.1. The van der Waals surface area contributed by atoms with Crippen LogP contribution < -0.4 is 10.6 Å². The van der Waals surface area contributed by atoms with Crippen LogP contribution in [-0.2, 0) is 13.1 Å². The molecule has 3 rings (SSSR count). The number of halogens is 2. The average Bonchev–Trinajstić information content (AvgIpc) is 2.90. The number of amides is 1. The van der Waals surface area contributed by atoms with E-state index in [0.29, 0.717) is 21.3 Å². The van der Waals surface area contributed by atoms with Gasteiger partial charge in [-0.1, -0.05) is 29.3 Å². The molecule has 0 unspecified atom stereocenters. The molecule has 2 aromatic rings. The highest BCUT2D eigenvalue weighted by Gasteiger charge is 2.14. The van der Waals surface area contributed by atoms with Crippen LogP contribution in [0, 0.1) is 0 Å². The Morgan fingerprint density at radius 2 is 1.85 bits per heavy atom. The topological polar surface area (TPSA) is 41.1 Å². The number of rotatable bonds is 2. The van der Waals surface area contributed by atoms with Crippen molar-refractivity contribution in [1.82, 2.24) is 5.32 Å². The average molecular weight is 307 g/mol. The molecule has 1 heterocycles. The Hall–Kier alpha value is -1.55. The van der Waals surface area contributed by atoms with E-state index in [0.717, 1.165) is 18.7 Å². The number of benzene rings is 2. The summed E-state index contributed by atoms with van der Waals surface area (Å²) in [5.41, 5.74) is 3.53. The molecule has 1 amide bonds. The summed E-state index contributed by atoms with van der Waals surface area (Å²) in [5, 5.41) is 7.03. The third-order valence-corrected chi connectivity index (χ3v) is 3.84. The van der Waals surface area contributed by atoms with Crippen molar-refractivity contribution < 1.29 is 4.79 Å². The largest absolute Gasteiger partial charge is 0.321 e. The van der Waals surface area contributed by atoms with E-state index in [9.17, 15) is 4.79 Å². The quantitative estimate of drug-likeness (QED) is 0.885. The van der Waals surface area contributed by atoms with Crippen molar-refractivity contribution in [3.05, 3.63) is 63.1 Å². The Morgan fingerprint density at radius 1 is 1.05 bits per heavy atom. The van der Waals surface area contributed by atoms with Gasteiger partial charge in [-0.15, -0.1) is 0 Å². The van der Waals surface area contributed by atoms with Gasteiger partial charge < -0.3 is 10.6 Å². The van der Waals surface area contributed by atoms with Crippen LogP contribution in [0.2, 0.25) is 10.0 Å². The summed E-state index contributed by atoms with van der Waals surface area (Å²) in [4.78, 5) is 12.2. The fourth-order valence-corrected chi connectivity index (χ4v) is 2.56. The standard InChI is InChI=1S/C15H12Cl2N2O/c16-12-3-4-13(17)14(6-12)19-15(20)9-1-2-10-7-18-8-11(10)5-9/h1-6,18H,7-8H2,(H,19,20). The van der Waals surface area contributed by atoms with Crippen LogP contribution in [0.15, 0.2) is 36.4 Å². The van der Waals surface area contributed by atoms with Gasteiger partial charge in [-0.25, -0.2) is 0 Å². The minimum absolute atomic E-state index is 0.191. The lowest BCUT2D eigenvalue weighted by atomic mass is 10.1. The summed E-state index contributed by atoms with van der Waals surface area (Å²) in [7, 11) is 0. The number of anilines is 1. The molecule has 0 fully saturated rings. The van der Waals surface area contributed by atoms with Crippen LogP contribution in [0.3, 0.4) is 0 Å². The van der Waals surface area contributed by atoms with Crippen LogP contribution in [0.1, 0.15) is 21.5 Å². The minimum Gasteiger partial charge on any atom is -0.321 e. The maximum Gasteiger partial charge on any atom is 0.255 e. The highest BCUT2D eigenvalue weighted by atomic mass is 35.5. The molecule has 0 radical (unpaired) electrons. The van der Waals surface area contributed by atoms with E-state index >= 15 is 0 Å². The molecule has 2 N–H and O–H groups in total. The summed E-state index contributed by atoms with van der Waals surface area (Å²) in [5.74, 6) is -0.191. The molecule has 3 nitrogen and oxygen atoms in total. The van der Waals surface area contributed by atoms with Gasteiger partial charge in [0.2, 0.25) is 0 Å². The molecule has 0 saturated heterocycles. The molecule has 0 atom stereocenters. The van der Waals surface area contributed by atoms with Gasteiger partial charge in [0.05, 0.1) is 10.7 Å². The SMILES string of the molecule is O=C(Nc1cc(Cl)ccc1Cl)c1ccc2c(c1)CNC2. The summed E-state index contributed by atoms with van der Waals surface area (Å²) in [6, 6.07) is 10.7. The zero-order valence-corrected chi connectivity index (χ0v) is 12.1. The van der Waals surface area contributed by atoms with Gasteiger partial charge in [0.25, 0.3) is 5.91 Å². The highest BCUT2D eigenvalue weighted by molar-refractivity contribution is 6.35. The molecule has 0 aromatic heterocycles. The van der Waals surface area contributed by atoms with Crippen molar-refractivity contribution in [2.24, 2.45) is 0 Å². The first-order chi connectivity index (χ1) is 9.63. The molecule has 0 aliphatic carbocycles. The van der Waals surface area contributed by atoms with Gasteiger partial charge in [0.15, 0.2) is 0 Å². The molecule has 1 aliphatic rings. The highest BCUT2D eigenvalue weighted by Crippen LogP contribution is 2.26. The van der Waals surface area contributed by atoms with Crippen LogP contribution in [-0.4, -0.2) is 5.91 Å². The second-order valence-electron chi connectivity index (χ2n) is 4.67. The Labute approximate surface area is 126 Å². The van der Waals surface area contributed by atoms with Crippen LogP contribution in [0.25, 0.3) is 0 Å². The van der Waals surface area contributed by atoms with E-state index in [1.165, 1.54) is 5.56 Å². The lowest BCUT2D eigenvalue weighted by Gasteiger charge is -2.08. The van der Waals surface area contributed by atoms with Gasteiger partial charge in [-0.3, -0.25) is 4.79 Å². The first-order valence-electron chi connectivity index (χ1n) is 6.22. The minimum atomic E-state index is -0.191. The molecule has 0 saturated carbocycles. The number of fused-ring (bicyclic) bond motifs is 1. The molecular weight excluding hydrogens is 295 g/mol. The lowest BCUT2D eigenvalue weighted by Crippen LogP contribution is -2.12. The first-order valence-corrected chi connectivity index (χ1v) is 6.98. The Bertz CT molecular complexity index is 686. The second kappa shape index (κ2) is 5.44. The lowest BCUT2D eigenvalue weighted by molar-refractivity contribution is 0.102. The number of nitrogens with one attached hydrogen (secondary N) is 2. The molecule has 0 bridgehead atoms. The van der Waals surface area contributed by atoms with Crippen molar-refractivity contribution >= 4 is 34.8 Å². The molecule has 1 aliphatic heterocycles. The van der Waals surface area contributed by atoms with Crippen LogP contribution in [0.5, 0.6) is 0 Å². The van der Waals surface area contributed by atoms with Crippen molar-refractivity contribution in [1.29, 1.82) is 0 Å². The number of carbonyl (C=O) groups is 1. The van der Waals surface area contributed by atoms with E-state index in [4.69, 9.17) is 23.2 Å². The normalized spacial score (nSPS) is 13.1. The maximum absolute atomic E-state index is 12.2. The van der Waals surface area contributed by atoms with Crippen LogP contribution in [0.4, 0.5) is 5.69 Å². The number of carbonyl (C=O) groups excluding carboxylic acids is 1. The van der Waals surface area contributed by atoms with Gasteiger partial charge in [0, 0.05) is 23.7 Å². The number of hydrogen-bond donors (Lipinski definition) is 2. The summed E-state index contributed by atoms with van der Waals surface area (Å²) < 4.78 is 0. The van der Waals surface area contributed by atoms with E-state index in [1.807, 2.05) is 18.2 Å². The summed E-state index contributed by atoms with van der Waals surface area (Å²) in [6.45, 7) is 1.66. The first kappa shape index (κ1) is 13.4. The van der Waals surface area contributed by atoms with Crippen molar-refractivity contribution in [3.8, 4) is 0 Å². The van der Waals surface area contributed by atoms with E-state index in [2.05, 4.69) is 10.6 Å². The Balaban J connectivity index is 1.84. The van der Waals surface area contributed by atoms with E-state index in [-0.39, 0.29) is 5.91 Å². The van der Waals surface area contributed by atoms with Gasteiger partial charge in [0.1, 0.15) is 0 Å². The smallest absolute Gasteiger partial charge is 0.255 e. The molecular formula is C15H12Cl2N2O. The van der Waals surface area contributed by atoms with E-state index in [1.54, 1.807) is 18.2 Å². The fraction of sp³-hybridized carbons (Fsp3) is 0.133. The predicted molar refractivity (Wildman–Crippen MR) is 81.4 cm³/mol. The molecule has 2 aromatic carbocycles.